The van der Waals surface area contributed by atoms with Gasteiger partial charge in [0.2, 0.25) is 5.69 Å². The lowest BCUT2D eigenvalue weighted by atomic mass is 9.93. The summed E-state index contributed by atoms with van der Waals surface area (Å²) in [5.41, 5.74) is 7.05. The predicted molar refractivity (Wildman–Crippen MR) is 145 cm³/mol. The number of aromatic nitrogens is 1. The fraction of sp³-hybridized carbons (Fsp3) is 0.250. The molecule has 0 N–H and O–H groups in total. The maximum atomic E-state index is 9.29. The van der Waals surface area contributed by atoms with Crippen molar-refractivity contribution in [3.8, 4) is 22.4 Å². The molecule has 3 aromatic carbocycles. The first-order valence-corrected chi connectivity index (χ1v) is 11.6. The van der Waals surface area contributed by atoms with Crippen LogP contribution in [0.4, 0.5) is 5.69 Å². The Morgan fingerprint density at radius 1 is 0.971 bits per heavy atom. The molecule has 0 unspecified atom stereocenters. The summed E-state index contributed by atoms with van der Waals surface area (Å²) in [4.78, 5) is 3.78. The standard InChI is InChI=1S/C32H31N2O/c1-18(2)26-17-28(34(8)22(6)21(26)5)29-20(4)11-14-24-25-15-16-27(33-7)30(32(25)35-31(24)29)23-12-9-19(3)10-13-23/h9-18H,1-6,8H3/q+1/i5D3,17D,18D. The van der Waals surface area contributed by atoms with Crippen LogP contribution in [0.1, 0.15) is 54.5 Å². The van der Waals surface area contributed by atoms with Gasteiger partial charge >= 0.3 is 0 Å². The quantitative estimate of drug-likeness (QED) is 0.193. The summed E-state index contributed by atoms with van der Waals surface area (Å²) in [5, 5.41) is 1.69. The lowest BCUT2D eigenvalue weighted by molar-refractivity contribution is -0.667. The highest BCUT2D eigenvalue weighted by molar-refractivity contribution is 6.15. The third kappa shape index (κ3) is 3.53. The number of furan rings is 1. The summed E-state index contributed by atoms with van der Waals surface area (Å²) in [6.45, 7) is 14.3. The second-order valence-electron chi connectivity index (χ2n) is 9.42. The van der Waals surface area contributed by atoms with E-state index in [1.54, 1.807) is 32.4 Å². The first kappa shape index (κ1) is 17.5. The lowest BCUT2D eigenvalue weighted by Gasteiger charge is -2.14. The van der Waals surface area contributed by atoms with Gasteiger partial charge in [0.15, 0.2) is 11.4 Å². The number of hydrogen-bond acceptors (Lipinski definition) is 1. The number of rotatable bonds is 3. The second kappa shape index (κ2) is 8.40. The van der Waals surface area contributed by atoms with Crippen molar-refractivity contribution in [2.75, 3.05) is 0 Å². The van der Waals surface area contributed by atoms with Crippen LogP contribution in [0, 0.1) is 34.2 Å². The van der Waals surface area contributed by atoms with E-state index in [9.17, 15) is 1.37 Å². The molecule has 3 heteroatoms. The summed E-state index contributed by atoms with van der Waals surface area (Å²) in [6.07, 6.45) is 0. The van der Waals surface area contributed by atoms with Crippen molar-refractivity contribution < 1.29 is 15.8 Å². The average molecular weight is 465 g/mol. The van der Waals surface area contributed by atoms with E-state index in [1.165, 1.54) is 0 Å². The predicted octanol–water partition coefficient (Wildman–Crippen LogP) is 8.65. The fourth-order valence-corrected chi connectivity index (χ4v) is 4.76. The van der Waals surface area contributed by atoms with Crippen LogP contribution in [-0.2, 0) is 7.05 Å². The molecule has 0 fully saturated rings. The number of aryl methyl sites for hydroxylation is 2. The number of hydrogen-bond donors (Lipinski definition) is 0. The zero-order chi connectivity index (χ0) is 29.3. The maximum Gasteiger partial charge on any atom is 0.216 e. The van der Waals surface area contributed by atoms with Gasteiger partial charge in [-0.1, -0.05) is 67.9 Å². The van der Waals surface area contributed by atoms with Gasteiger partial charge in [-0.05, 0) is 43.3 Å². The van der Waals surface area contributed by atoms with E-state index < -0.39 is 12.7 Å². The van der Waals surface area contributed by atoms with Crippen LogP contribution in [-0.4, -0.2) is 0 Å². The van der Waals surface area contributed by atoms with E-state index in [4.69, 9.17) is 16.5 Å². The maximum absolute atomic E-state index is 9.29. The van der Waals surface area contributed by atoms with Gasteiger partial charge in [-0.25, -0.2) is 4.85 Å². The van der Waals surface area contributed by atoms with Gasteiger partial charge in [0.1, 0.15) is 18.2 Å². The van der Waals surface area contributed by atoms with Crippen LogP contribution >= 0.6 is 0 Å². The summed E-state index contributed by atoms with van der Waals surface area (Å²) < 4.78 is 51.1. The Hall–Kier alpha value is -3.90. The molecule has 0 spiro atoms. The molecule has 2 heterocycles. The molecule has 2 aromatic heterocycles. The largest absolute Gasteiger partial charge is 0.456 e. The van der Waals surface area contributed by atoms with Gasteiger partial charge in [0, 0.05) is 40.3 Å². The normalized spacial score (nSPS) is 14.3. The third-order valence-electron chi connectivity index (χ3n) is 6.89. The van der Waals surface area contributed by atoms with Crippen molar-refractivity contribution in [1.29, 1.82) is 0 Å². The van der Waals surface area contributed by atoms with Crippen molar-refractivity contribution in [3.05, 3.63) is 93.9 Å². The van der Waals surface area contributed by atoms with Gasteiger partial charge < -0.3 is 4.42 Å². The third-order valence-corrected chi connectivity index (χ3v) is 6.89. The van der Waals surface area contributed by atoms with E-state index in [1.807, 2.05) is 62.4 Å². The van der Waals surface area contributed by atoms with E-state index in [0.717, 1.165) is 27.5 Å². The summed E-state index contributed by atoms with van der Waals surface area (Å²) in [7, 11) is 1.76. The molecule has 0 atom stereocenters. The van der Waals surface area contributed by atoms with E-state index in [-0.39, 0.29) is 17.2 Å². The Kier molecular flexibility index (Phi) is 4.20. The average Bonchev–Trinajstić information content (AvgIpc) is 3.24. The Balaban J connectivity index is 1.95. The zero-order valence-corrected chi connectivity index (χ0v) is 20.9. The van der Waals surface area contributed by atoms with Crippen molar-refractivity contribution in [2.24, 2.45) is 7.05 Å². The molecule has 0 radical (unpaired) electrons. The number of fused-ring (bicyclic) bond motifs is 3. The molecule has 0 saturated carbocycles. The monoisotopic (exact) mass is 464 g/mol. The fourth-order valence-electron chi connectivity index (χ4n) is 4.76. The highest BCUT2D eigenvalue weighted by Gasteiger charge is 2.26. The molecule has 3 nitrogen and oxygen atoms in total. The number of pyridine rings is 1. The molecule has 0 saturated heterocycles. The first-order valence-electron chi connectivity index (χ1n) is 14.1. The van der Waals surface area contributed by atoms with Gasteiger partial charge in [-0.3, -0.25) is 0 Å². The minimum Gasteiger partial charge on any atom is -0.456 e. The van der Waals surface area contributed by atoms with E-state index in [0.29, 0.717) is 39.4 Å². The molecular weight excluding hydrogens is 428 g/mol. The van der Waals surface area contributed by atoms with E-state index >= 15 is 0 Å². The first-order chi connectivity index (χ1) is 18.7. The second-order valence-corrected chi connectivity index (χ2v) is 9.42. The number of benzene rings is 3. The van der Waals surface area contributed by atoms with Gasteiger partial charge in [0.05, 0.1) is 13.5 Å². The topological polar surface area (TPSA) is 21.4 Å². The lowest BCUT2D eigenvalue weighted by Crippen LogP contribution is -2.36. The summed E-state index contributed by atoms with van der Waals surface area (Å²) in [5.74, 6) is -1.33. The van der Waals surface area contributed by atoms with E-state index in [2.05, 4.69) is 4.85 Å². The molecule has 0 aliphatic carbocycles. The Morgan fingerprint density at radius 2 is 1.63 bits per heavy atom. The van der Waals surface area contributed by atoms with Crippen LogP contribution in [0.25, 0.3) is 49.2 Å². The number of nitrogens with zero attached hydrogens (tertiary/aromatic N) is 2. The highest BCUT2D eigenvalue weighted by atomic mass is 16.3. The SMILES string of the molecule is [2H]c1c(C([2H])(C)C)c(C([2H])([2H])[2H])c(C)[n+](C)c1-c1c(C)ccc2c1oc1c(-c3ccc(C)cc3)c([N+]#[C-])ccc12. The van der Waals surface area contributed by atoms with Crippen LogP contribution in [0.2, 0.25) is 0 Å². The molecule has 0 aliphatic rings. The van der Waals surface area contributed by atoms with Crippen LogP contribution in [0.15, 0.2) is 59.0 Å². The molecule has 5 aromatic rings. The minimum atomic E-state index is -2.48. The van der Waals surface area contributed by atoms with Crippen molar-refractivity contribution in [3.63, 3.8) is 0 Å². The van der Waals surface area contributed by atoms with Crippen molar-refractivity contribution in [1.82, 2.24) is 0 Å². The zero-order valence-electron chi connectivity index (χ0n) is 25.9. The van der Waals surface area contributed by atoms with Crippen molar-refractivity contribution in [2.45, 2.75) is 47.4 Å². The Bertz CT molecular complexity index is 1870. The summed E-state index contributed by atoms with van der Waals surface area (Å²) in [6, 6.07) is 15.6. The molecule has 5 rings (SSSR count). The van der Waals surface area contributed by atoms with Crippen LogP contribution in [0.3, 0.4) is 0 Å². The Labute approximate surface area is 214 Å². The minimum absolute atomic E-state index is 0.00381. The van der Waals surface area contributed by atoms with Gasteiger partial charge in [0.25, 0.3) is 0 Å². The van der Waals surface area contributed by atoms with Crippen LogP contribution < -0.4 is 4.57 Å². The molecule has 174 valence electrons. The smallest absolute Gasteiger partial charge is 0.216 e. The Morgan fingerprint density at radius 3 is 2.26 bits per heavy atom. The molecule has 0 amide bonds. The van der Waals surface area contributed by atoms with Crippen LogP contribution in [0.5, 0.6) is 0 Å². The van der Waals surface area contributed by atoms with Gasteiger partial charge in [-0.15, -0.1) is 0 Å². The highest BCUT2D eigenvalue weighted by Crippen LogP contribution is 2.44. The molecular formula is C32H31N2O+. The summed E-state index contributed by atoms with van der Waals surface area (Å²) >= 11 is 0. The molecule has 0 bridgehead atoms. The molecule has 0 aliphatic heterocycles. The van der Waals surface area contributed by atoms with Crippen molar-refractivity contribution >= 4 is 27.6 Å². The molecule has 35 heavy (non-hydrogen) atoms. The van der Waals surface area contributed by atoms with Gasteiger partial charge in [-0.2, -0.15) is 4.57 Å².